The number of nitrogens with one attached hydrogen (secondary N) is 2. The zero-order chi connectivity index (χ0) is 62.2. The van der Waals surface area contributed by atoms with Crippen LogP contribution in [0.4, 0.5) is 5.69 Å². The lowest BCUT2D eigenvalue weighted by Gasteiger charge is -2.49. The molecule has 7 N–H and O–H groups in total. The zero-order valence-electron chi connectivity index (χ0n) is 51.1. The van der Waals surface area contributed by atoms with Crippen LogP contribution in [-0.4, -0.2) is 210 Å². The second-order valence-electron chi connectivity index (χ2n) is 24.6. The normalized spacial score (nSPS) is 36.4. The maximum atomic E-state index is 14.5. The number of aliphatic hydroxyl groups excluding tert-OH is 2. The lowest BCUT2D eigenvalue weighted by Crippen LogP contribution is -2.61. The number of methoxy groups -OCH3 is 1. The van der Waals surface area contributed by atoms with Crippen LogP contribution in [0.25, 0.3) is 10.9 Å². The van der Waals surface area contributed by atoms with E-state index in [1.807, 2.05) is 30.5 Å². The quantitative estimate of drug-likeness (QED) is 0.0412. The van der Waals surface area contributed by atoms with Gasteiger partial charge in [0.1, 0.15) is 29.0 Å². The number of pyridine rings is 1. The van der Waals surface area contributed by atoms with E-state index in [0.717, 1.165) is 12.8 Å². The molecular weight excluding hydrogens is 1120 g/mol. The molecule has 0 spiro atoms. The smallest absolute Gasteiger partial charge is 0.341 e. The molecule has 4 fully saturated rings. The van der Waals surface area contributed by atoms with E-state index >= 15 is 0 Å². The van der Waals surface area contributed by atoms with Gasteiger partial charge in [-0.1, -0.05) is 44.5 Å². The van der Waals surface area contributed by atoms with Crippen molar-refractivity contribution in [1.29, 1.82) is 0 Å². The minimum Gasteiger partial charge on any atom is -0.477 e. The van der Waals surface area contributed by atoms with E-state index in [-0.39, 0.29) is 61.4 Å². The maximum absolute atomic E-state index is 14.5. The Hall–Kier alpha value is -3.99. The van der Waals surface area contributed by atoms with Crippen LogP contribution in [0.1, 0.15) is 131 Å². The van der Waals surface area contributed by atoms with Crippen molar-refractivity contribution in [2.75, 3.05) is 72.6 Å². The van der Waals surface area contributed by atoms with Crippen molar-refractivity contribution in [2.24, 2.45) is 28.8 Å². The molecular formula is C59H94ClN5O19. The van der Waals surface area contributed by atoms with Crippen LogP contribution >= 0.6 is 11.6 Å². The summed E-state index contributed by atoms with van der Waals surface area (Å²) in [6, 6.07) is 1.89. The van der Waals surface area contributed by atoms with Gasteiger partial charge < -0.3 is 88.3 Å². The Balaban J connectivity index is 1.05. The van der Waals surface area contributed by atoms with Gasteiger partial charge >= 0.3 is 17.9 Å². The number of carboxylic acid groups (broad SMARTS) is 1. The molecule has 1 saturated carbocycles. The Morgan fingerprint density at radius 2 is 1.57 bits per heavy atom. The van der Waals surface area contributed by atoms with E-state index in [1.54, 1.807) is 60.6 Å². The van der Waals surface area contributed by atoms with Crippen LogP contribution in [0, 0.1) is 28.6 Å². The molecule has 3 aliphatic heterocycles. The number of carbonyl (C=O) groups is 3. The van der Waals surface area contributed by atoms with Crippen molar-refractivity contribution in [3.8, 4) is 0 Å². The second-order valence-corrected chi connectivity index (χ2v) is 25.0. The number of benzene rings is 1. The van der Waals surface area contributed by atoms with Gasteiger partial charge in [0.2, 0.25) is 5.43 Å². The van der Waals surface area contributed by atoms with E-state index in [1.165, 1.54) is 27.2 Å². The highest BCUT2D eigenvalue weighted by atomic mass is 35.5. The number of fused-ring (bicyclic) bond motifs is 1. The Morgan fingerprint density at radius 1 is 0.905 bits per heavy atom. The third kappa shape index (κ3) is 16.6. The molecule has 1 aromatic carbocycles. The number of aromatic carboxylic acids is 1. The maximum Gasteiger partial charge on any atom is 0.341 e. The molecule has 84 heavy (non-hydrogen) atoms. The Kier molecular flexibility index (Phi) is 24.5. The number of aliphatic hydroxyl groups is 4. The van der Waals surface area contributed by atoms with Gasteiger partial charge in [0.05, 0.1) is 97.2 Å². The van der Waals surface area contributed by atoms with Crippen molar-refractivity contribution in [2.45, 2.75) is 211 Å². The van der Waals surface area contributed by atoms with E-state index in [9.17, 15) is 49.6 Å². The van der Waals surface area contributed by atoms with Gasteiger partial charge in [-0.3, -0.25) is 14.4 Å². The Bertz CT molecular complexity index is 2590. The van der Waals surface area contributed by atoms with Crippen molar-refractivity contribution in [1.82, 2.24) is 14.8 Å². The minimum atomic E-state index is -2.04. The highest BCUT2D eigenvalue weighted by molar-refractivity contribution is 6.34. The predicted molar refractivity (Wildman–Crippen MR) is 311 cm³/mol. The Morgan fingerprint density at radius 3 is 2.18 bits per heavy atom. The number of nitrogens with zero attached hydrogens (tertiary/aromatic N) is 3. The fraction of sp³-hybridized carbons (Fsp3) is 0.797. The van der Waals surface area contributed by atoms with Gasteiger partial charge in [-0.2, -0.15) is 4.91 Å². The van der Waals surface area contributed by atoms with Crippen molar-refractivity contribution in [3.63, 3.8) is 0 Å². The summed E-state index contributed by atoms with van der Waals surface area (Å²) in [5.74, 6) is -6.35. The van der Waals surface area contributed by atoms with Crippen LogP contribution in [0.15, 0.2) is 28.3 Å². The second kappa shape index (κ2) is 29.8. The SMILES string of the molecule is CC[C@H]1OC(=O)[C@H](C)[C@@H](OC2C[C@@](C)(OC)[C@@H](OC(=O)CCNCCOCCOCCNc3cc4c(=O)c(C(=O)O)cn(C5CC5)c4cc3Cl)[C@H](C)O2)[C@H](C)[C@@H](OC2O[C@H](C)C[C@H](N(C)C)[C@H]2O)[C@](C)(O)C[C@@H](C)C(N=O)[C@H](C)[C@@H](O)[C@]1(C)O. The average Bonchev–Trinajstić information content (AvgIpc) is 2.78. The van der Waals surface area contributed by atoms with E-state index < -0.39 is 125 Å². The first-order valence-electron chi connectivity index (χ1n) is 29.6. The summed E-state index contributed by atoms with van der Waals surface area (Å²) in [5, 5.41) is 68.1. The number of nitroso groups, excluding NO2 is 1. The molecule has 0 bridgehead atoms. The van der Waals surface area contributed by atoms with Gasteiger partial charge in [0.15, 0.2) is 18.7 Å². The van der Waals surface area contributed by atoms with Crippen molar-refractivity contribution < 1.29 is 82.5 Å². The van der Waals surface area contributed by atoms with Crippen molar-refractivity contribution in [3.05, 3.63) is 44.0 Å². The van der Waals surface area contributed by atoms with Gasteiger partial charge in [-0.25, -0.2) is 4.79 Å². The molecule has 25 heteroatoms. The number of aromatic nitrogens is 1. The summed E-state index contributed by atoms with van der Waals surface area (Å²) >= 11 is 6.57. The number of ether oxygens (including phenoxy) is 9. The molecule has 476 valence electrons. The summed E-state index contributed by atoms with van der Waals surface area (Å²) in [6.07, 6.45) is -7.26. The summed E-state index contributed by atoms with van der Waals surface area (Å²) in [5.41, 5.74) is -4.85. The number of rotatable bonds is 24. The highest BCUT2D eigenvalue weighted by Crippen LogP contribution is 2.43. The predicted octanol–water partition coefficient (Wildman–Crippen LogP) is 5.03. The summed E-state index contributed by atoms with van der Waals surface area (Å²) < 4.78 is 57.7. The number of esters is 2. The lowest BCUT2D eigenvalue weighted by molar-refractivity contribution is -0.319. The molecule has 1 aliphatic carbocycles. The molecule has 0 amide bonds. The Labute approximate surface area is 497 Å². The number of likely N-dealkylation sites (N-methyl/N-ethyl adjacent to an activating group) is 1. The third-order valence-electron chi connectivity index (χ3n) is 17.5. The van der Waals surface area contributed by atoms with Crippen LogP contribution in [0.5, 0.6) is 0 Å². The molecule has 4 heterocycles. The van der Waals surface area contributed by atoms with Crippen LogP contribution in [0.3, 0.4) is 0 Å². The largest absolute Gasteiger partial charge is 0.477 e. The molecule has 6 rings (SSSR count). The number of hydrogen-bond acceptors (Lipinski definition) is 22. The average molecular weight is 1210 g/mol. The van der Waals surface area contributed by atoms with Gasteiger partial charge in [-0.15, -0.1) is 0 Å². The van der Waals surface area contributed by atoms with E-state index in [0.29, 0.717) is 62.2 Å². The summed E-state index contributed by atoms with van der Waals surface area (Å²) in [4.78, 5) is 67.3. The van der Waals surface area contributed by atoms with Crippen LogP contribution < -0.4 is 16.1 Å². The first-order valence-corrected chi connectivity index (χ1v) is 30.0. The van der Waals surface area contributed by atoms with E-state index in [2.05, 4.69) is 15.8 Å². The molecule has 1 aromatic heterocycles. The number of hydrogen-bond donors (Lipinski definition) is 7. The fourth-order valence-corrected chi connectivity index (χ4v) is 12.8. The topological polar surface area (TPSA) is 314 Å². The fourth-order valence-electron chi connectivity index (χ4n) is 12.6. The number of carboxylic acids is 1. The first-order chi connectivity index (χ1) is 39.5. The number of carbonyl (C=O) groups excluding carboxylic acids is 2. The van der Waals surface area contributed by atoms with Gasteiger partial charge in [-0.05, 0) is 106 Å². The summed E-state index contributed by atoms with van der Waals surface area (Å²) in [6.45, 7) is 18.8. The molecule has 19 atom stereocenters. The number of halogens is 1. The molecule has 3 saturated heterocycles. The molecule has 24 nitrogen and oxygen atoms in total. The zero-order valence-corrected chi connectivity index (χ0v) is 51.9. The molecule has 0 radical (unpaired) electrons. The third-order valence-corrected chi connectivity index (χ3v) is 17.9. The minimum absolute atomic E-state index is 0.000380. The molecule has 4 aliphatic rings. The lowest BCUT2D eigenvalue weighted by atomic mass is 9.72. The molecule has 3 unspecified atom stereocenters. The monoisotopic (exact) mass is 1210 g/mol. The van der Waals surface area contributed by atoms with Crippen LogP contribution in [0.2, 0.25) is 5.02 Å². The highest BCUT2D eigenvalue weighted by Gasteiger charge is 2.55. The summed E-state index contributed by atoms with van der Waals surface area (Å²) in [7, 11) is 5.15. The van der Waals surface area contributed by atoms with Crippen molar-refractivity contribution >= 4 is 46.1 Å². The van der Waals surface area contributed by atoms with Crippen LogP contribution in [-0.2, 0) is 52.2 Å². The molecule has 2 aromatic rings. The van der Waals surface area contributed by atoms with E-state index in [4.69, 9.17) is 54.2 Å². The van der Waals surface area contributed by atoms with Gasteiger partial charge in [0, 0.05) is 68.7 Å². The number of anilines is 1. The van der Waals surface area contributed by atoms with Gasteiger partial charge in [0.25, 0.3) is 0 Å². The number of cyclic esters (lactones) is 1. The standard InChI is InChI=1S/C59H94ClN5O19/c1-14-44-59(10,74)51(69)33(4)47(63-75)31(2)28-57(8,73)52(84-56-49(68)43(64(11)12)25-32(3)79-56)34(5)50(35(6)55(72)81-44)83-46-29-58(9,76-13)53(36(7)80-46)82-45(66)17-18-61-19-21-77-23-24-78-22-20-62-41-26-38-42(27-40(41)60)65(37-15-16-37)30-39(48(38)67)54(70)71/h26-27,30-37,43-44,46-47,49-53,56,61-62,68-69,73-74H,14-25,28-29H2,1-13H3,(H,70,71)/t31-,32-,33+,34+,35-,36+,43+,44-,46?,47?,49-,50+,51-,52-,53+,56?,57-,58-,59-/m1/s1. The first kappa shape index (κ1) is 69.1.